The van der Waals surface area contributed by atoms with Crippen LogP contribution in [0.2, 0.25) is 0 Å². The highest BCUT2D eigenvalue weighted by Crippen LogP contribution is 2.21. The Kier molecular flexibility index (Phi) is 1.27. The van der Waals surface area contributed by atoms with Gasteiger partial charge in [0.25, 0.3) is 0 Å². The van der Waals surface area contributed by atoms with Crippen molar-refractivity contribution in [3.8, 4) is 0 Å². The summed E-state index contributed by atoms with van der Waals surface area (Å²) in [7, 11) is 0. The van der Waals surface area contributed by atoms with E-state index in [1.54, 1.807) is 0 Å². The highest BCUT2D eigenvalue weighted by atomic mass is 14.9. The molecule has 2 rings (SSSR count). The Morgan fingerprint density at radius 1 is 1.60 bits per heavy atom. The minimum Gasteiger partial charge on any atom is -0.364 e. The summed E-state index contributed by atoms with van der Waals surface area (Å²) in [5, 5.41) is 3.35. The average molecular weight is 136 g/mol. The third-order valence-corrected chi connectivity index (χ3v) is 2.15. The summed E-state index contributed by atoms with van der Waals surface area (Å²) < 4.78 is 0. The Morgan fingerprint density at radius 2 is 2.50 bits per heavy atom. The van der Waals surface area contributed by atoms with Crippen LogP contribution in [0, 0.1) is 0 Å². The molecule has 0 aliphatic carbocycles. The summed E-state index contributed by atoms with van der Waals surface area (Å²) in [5.74, 6) is 0.676. The summed E-state index contributed by atoms with van der Waals surface area (Å²) >= 11 is 0. The van der Waals surface area contributed by atoms with E-state index >= 15 is 0 Å². The summed E-state index contributed by atoms with van der Waals surface area (Å²) in [6.07, 6.45) is 2.02. The van der Waals surface area contributed by atoms with Crippen molar-refractivity contribution in [3.63, 3.8) is 0 Å². The van der Waals surface area contributed by atoms with Crippen LogP contribution in [0.25, 0.3) is 0 Å². The van der Waals surface area contributed by atoms with Gasteiger partial charge < -0.3 is 10.3 Å². The molecule has 2 heteroatoms. The SMILES string of the molecule is CC1CNCc2[nH]ccc21. The zero-order valence-corrected chi connectivity index (χ0v) is 6.15. The monoisotopic (exact) mass is 136 g/mol. The highest BCUT2D eigenvalue weighted by Gasteiger charge is 2.15. The van der Waals surface area contributed by atoms with Crippen LogP contribution in [-0.2, 0) is 6.54 Å². The number of hydrogen-bond acceptors (Lipinski definition) is 1. The first-order valence-electron chi connectivity index (χ1n) is 3.75. The maximum absolute atomic E-state index is 3.35. The van der Waals surface area contributed by atoms with E-state index in [0.717, 1.165) is 13.1 Å². The first-order valence-corrected chi connectivity index (χ1v) is 3.75. The smallest absolute Gasteiger partial charge is 0.0360 e. The minimum atomic E-state index is 0.676. The summed E-state index contributed by atoms with van der Waals surface area (Å²) in [6, 6.07) is 2.18. The molecule has 10 heavy (non-hydrogen) atoms. The summed E-state index contributed by atoms with van der Waals surface area (Å²) in [6.45, 7) is 4.37. The van der Waals surface area contributed by atoms with Crippen molar-refractivity contribution in [1.82, 2.24) is 10.3 Å². The average Bonchev–Trinajstić information content (AvgIpc) is 2.36. The van der Waals surface area contributed by atoms with Crippen LogP contribution in [0.3, 0.4) is 0 Å². The lowest BCUT2D eigenvalue weighted by Gasteiger charge is -2.19. The largest absolute Gasteiger partial charge is 0.364 e. The Bertz CT molecular complexity index is 227. The van der Waals surface area contributed by atoms with E-state index in [-0.39, 0.29) is 0 Å². The molecule has 0 aromatic carbocycles. The maximum atomic E-state index is 3.35. The first kappa shape index (κ1) is 5.98. The van der Waals surface area contributed by atoms with Crippen molar-refractivity contribution in [2.75, 3.05) is 6.54 Å². The summed E-state index contributed by atoms with van der Waals surface area (Å²) in [5.41, 5.74) is 2.84. The number of fused-ring (bicyclic) bond motifs is 1. The normalized spacial score (nSPS) is 24.3. The van der Waals surface area contributed by atoms with E-state index in [0.29, 0.717) is 5.92 Å². The highest BCUT2D eigenvalue weighted by molar-refractivity contribution is 5.26. The molecule has 1 unspecified atom stereocenters. The molecule has 2 nitrogen and oxygen atoms in total. The molecule has 1 aliphatic heterocycles. The van der Waals surface area contributed by atoms with Gasteiger partial charge in [-0.3, -0.25) is 0 Å². The molecule has 0 amide bonds. The van der Waals surface area contributed by atoms with Crippen LogP contribution in [-0.4, -0.2) is 11.5 Å². The van der Waals surface area contributed by atoms with Crippen molar-refractivity contribution in [1.29, 1.82) is 0 Å². The van der Waals surface area contributed by atoms with Gasteiger partial charge in [0, 0.05) is 25.0 Å². The molecule has 0 fully saturated rings. The quantitative estimate of drug-likeness (QED) is 0.551. The third-order valence-electron chi connectivity index (χ3n) is 2.15. The van der Waals surface area contributed by atoms with E-state index < -0.39 is 0 Å². The molecule has 1 aromatic heterocycles. The second-order valence-corrected chi connectivity index (χ2v) is 2.94. The van der Waals surface area contributed by atoms with Gasteiger partial charge in [-0.25, -0.2) is 0 Å². The molecule has 0 saturated heterocycles. The number of aromatic amines is 1. The first-order chi connectivity index (χ1) is 4.88. The van der Waals surface area contributed by atoms with Gasteiger partial charge in [-0.05, 0) is 17.5 Å². The number of nitrogens with one attached hydrogen (secondary N) is 2. The van der Waals surface area contributed by atoms with Crippen LogP contribution in [0.1, 0.15) is 24.1 Å². The Morgan fingerprint density at radius 3 is 3.30 bits per heavy atom. The van der Waals surface area contributed by atoms with Crippen LogP contribution in [0.15, 0.2) is 12.3 Å². The molecule has 1 aliphatic rings. The van der Waals surface area contributed by atoms with Crippen molar-refractivity contribution in [2.45, 2.75) is 19.4 Å². The fourth-order valence-corrected chi connectivity index (χ4v) is 1.55. The minimum absolute atomic E-state index is 0.676. The molecule has 0 spiro atoms. The standard InChI is InChI=1S/C8H12N2/c1-6-4-9-5-8-7(6)2-3-10-8/h2-3,6,9-10H,4-5H2,1H3. The van der Waals surface area contributed by atoms with E-state index in [1.165, 1.54) is 11.3 Å². The van der Waals surface area contributed by atoms with Crippen molar-refractivity contribution < 1.29 is 0 Å². The number of hydrogen-bond donors (Lipinski definition) is 2. The second kappa shape index (κ2) is 2.13. The molecular weight excluding hydrogens is 124 g/mol. The van der Waals surface area contributed by atoms with Crippen LogP contribution in [0.4, 0.5) is 0 Å². The van der Waals surface area contributed by atoms with Crippen molar-refractivity contribution in [3.05, 3.63) is 23.5 Å². The lowest BCUT2D eigenvalue weighted by molar-refractivity contribution is 0.565. The van der Waals surface area contributed by atoms with Gasteiger partial charge in [-0.2, -0.15) is 0 Å². The molecule has 2 heterocycles. The molecule has 0 saturated carbocycles. The maximum Gasteiger partial charge on any atom is 0.0360 e. The lowest BCUT2D eigenvalue weighted by Crippen LogP contribution is -2.25. The predicted molar refractivity (Wildman–Crippen MR) is 40.9 cm³/mol. The molecule has 0 bridgehead atoms. The zero-order valence-electron chi connectivity index (χ0n) is 6.15. The van der Waals surface area contributed by atoms with Gasteiger partial charge in [-0.1, -0.05) is 6.92 Å². The fraction of sp³-hybridized carbons (Fsp3) is 0.500. The Hall–Kier alpha value is -0.760. The van der Waals surface area contributed by atoms with Gasteiger partial charge in [0.15, 0.2) is 0 Å². The molecule has 0 radical (unpaired) electrons. The van der Waals surface area contributed by atoms with Gasteiger partial charge >= 0.3 is 0 Å². The Balaban J connectivity index is 2.41. The van der Waals surface area contributed by atoms with Gasteiger partial charge in [0.2, 0.25) is 0 Å². The third kappa shape index (κ3) is 0.762. The lowest BCUT2D eigenvalue weighted by atomic mass is 9.98. The van der Waals surface area contributed by atoms with Gasteiger partial charge in [0.1, 0.15) is 0 Å². The summed E-state index contributed by atoms with van der Waals surface area (Å²) in [4.78, 5) is 3.23. The van der Waals surface area contributed by atoms with Crippen LogP contribution in [0.5, 0.6) is 0 Å². The van der Waals surface area contributed by atoms with Crippen LogP contribution >= 0.6 is 0 Å². The van der Waals surface area contributed by atoms with E-state index in [4.69, 9.17) is 0 Å². The second-order valence-electron chi connectivity index (χ2n) is 2.94. The van der Waals surface area contributed by atoms with Crippen molar-refractivity contribution >= 4 is 0 Å². The van der Waals surface area contributed by atoms with E-state index in [1.807, 2.05) is 6.20 Å². The number of rotatable bonds is 0. The van der Waals surface area contributed by atoms with E-state index in [9.17, 15) is 0 Å². The van der Waals surface area contributed by atoms with Crippen LogP contribution < -0.4 is 5.32 Å². The van der Waals surface area contributed by atoms with Crippen molar-refractivity contribution in [2.24, 2.45) is 0 Å². The predicted octanol–water partition coefficient (Wildman–Crippen LogP) is 1.22. The topological polar surface area (TPSA) is 27.8 Å². The fourth-order valence-electron chi connectivity index (χ4n) is 1.55. The molecule has 1 atom stereocenters. The molecular formula is C8H12N2. The molecule has 1 aromatic rings. The molecule has 2 N–H and O–H groups in total. The zero-order chi connectivity index (χ0) is 6.97. The Labute approximate surface area is 60.6 Å². The van der Waals surface area contributed by atoms with E-state index in [2.05, 4.69) is 23.3 Å². The van der Waals surface area contributed by atoms with Gasteiger partial charge in [0.05, 0.1) is 0 Å². The number of aromatic nitrogens is 1. The number of H-pyrrole nitrogens is 1. The van der Waals surface area contributed by atoms with Gasteiger partial charge in [-0.15, -0.1) is 0 Å². The molecule has 54 valence electrons.